The highest BCUT2D eigenvalue weighted by molar-refractivity contribution is 5.25. The van der Waals surface area contributed by atoms with Gasteiger partial charge in [0.1, 0.15) is 5.82 Å². The molecule has 1 aromatic carbocycles. The Balaban J connectivity index is 2.78. The van der Waals surface area contributed by atoms with Gasteiger partial charge in [-0.15, -0.1) is 0 Å². The summed E-state index contributed by atoms with van der Waals surface area (Å²) in [7, 11) is 0. The van der Waals surface area contributed by atoms with E-state index >= 15 is 0 Å². The molecule has 0 bridgehead atoms. The summed E-state index contributed by atoms with van der Waals surface area (Å²) in [5.74, 6) is -0.618. The van der Waals surface area contributed by atoms with Gasteiger partial charge < -0.3 is 0 Å². The first kappa shape index (κ1) is 8.11. The molecular weight excluding hydrogens is 153 g/mol. The molecule has 0 amide bonds. The van der Waals surface area contributed by atoms with Crippen molar-refractivity contribution >= 4 is 0 Å². The van der Waals surface area contributed by atoms with Crippen molar-refractivity contribution in [2.45, 2.75) is 6.43 Å². The van der Waals surface area contributed by atoms with Gasteiger partial charge in [-0.2, -0.15) is 0 Å². The van der Waals surface area contributed by atoms with E-state index in [1.807, 2.05) is 0 Å². The van der Waals surface area contributed by atoms with Gasteiger partial charge in [0.05, 0.1) is 6.42 Å². The fourth-order valence-corrected chi connectivity index (χ4v) is 0.746. The Morgan fingerprint density at radius 3 is 2.36 bits per heavy atom. The van der Waals surface area contributed by atoms with Crippen LogP contribution in [0.15, 0.2) is 24.3 Å². The molecule has 0 atom stereocenters. The van der Waals surface area contributed by atoms with Crippen molar-refractivity contribution < 1.29 is 13.2 Å². The Labute approximate surface area is 62.7 Å². The van der Waals surface area contributed by atoms with Crippen molar-refractivity contribution in [2.75, 3.05) is 0 Å². The molecule has 59 valence electrons. The van der Waals surface area contributed by atoms with E-state index in [1.54, 1.807) is 0 Å². The van der Waals surface area contributed by atoms with Gasteiger partial charge in [-0.3, -0.25) is 0 Å². The van der Waals surface area contributed by atoms with Crippen molar-refractivity contribution in [2.24, 2.45) is 0 Å². The van der Waals surface area contributed by atoms with Gasteiger partial charge in [-0.25, -0.2) is 13.2 Å². The first-order chi connectivity index (χ1) is 5.20. The second-order valence-corrected chi connectivity index (χ2v) is 2.02. The standard InChI is InChI=1S/C8H6F3/c9-7-4-2-1-3-6(7)5-8(10)11/h1-5,8H. The molecular formula is C8H6F3. The lowest BCUT2D eigenvalue weighted by Gasteiger charge is -1.99. The van der Waals surface area contributed by atoms with Crippen LogP contribution in [0.5, 0.6) is 0 Å². The van der Waals surface area contributed by atoms with E-state index in [0.29, 0.717) is 6.42 Å². The average molecular weight is 159 g/mol. The Bertz CT molecular complexity index is 233. The number of rotatable bonds is 2. The van der Waals surface area contributed by atoms with Gasteiger partial charge in [0.2, 0.25) is 6.43 Å². The van der Waals surface area contributed by atoms with Gasteiger partial charge in [0.25, 0.3) is 0 Å². The van der Waals surface area contributed by atoms with Gasteiger partial charge in [-0.05, 0) is 11.6 Å². The van der Waals surface area contributed by atoms with Gasteiger partial charge >= 0.3 is 0 Å². The third-order valence-electron chi connectivity index (χ3n) is 1.21. The second-order valence-electron chi connectivity index (χ2n) is 2.02. The highest BCUT2D eigenvalue weighted by Crippen LogP contribution is 2.12. The first-order valence-corrected chi connectivity index (χ1v) is 3.07. The molecule has 0 saturated heterocycles. The molecule has 0 nitrogen and oxygen atoms in total. The minimum absolute atomic E-state index is 0.0532. The highest BCUT2D eigenvalue weighted by Gasteiger charge is 2.08. The first-order valence-electron chi connectivity index (χ1n) is 3.07. The van der Waals surface area contributed by atoms with Crippen LogP contribution in [-0.2, 0) is 0 Å². The largest absolute Gasteiger partial charge is 0.246 e. The quantitative estimate of drug-likeness (QED) is 0.622. The molecule has 0 unspecified atom stereocenters. The van der Waals surface area contributed by atoms with Crippen molar-refractivity contribution in [1.29, 1.82) is 0 Å². The molecule has 0 N–H and O–H groups in total. The Morgan fingerprint density at radius 1 is 1.18 bits per heavy atom. The number of halogens is 3. The molecule has 0 fully saturated rings. The molecule has 0 aliphatic carbocycles. The third-order valence-corrected chi connectivity index (χ3v) is 1.21. The normalized spacial score (nSPS) is 10.5. The van der Waals surface area contributed by atoms with Crippen LogP contribution in [0.4, 0.5) is 13.2 Å². The molecule has 11 heavy (non-hydrogen) atoms. The van der Waals surface area contributed by atoms with Gasteiger partial charge in [0, 0.05) is 0 Å². The topological polar surface area (TPSA) is 0 Å². The summed E-state index contributed by atoms with van der Waals surface area (Å²) < 4.78 is 35.9. The summed E-state index contributed by atoms with van der Waals surface area (Å²) >= 11 is 0. The SMILES string of the molecule is Fc1ccccc1[CH]C(F)F. The maximum atomic E-state index is 12.6. The number of benzene rings is 1. The van der Waals surface area contributed by atoms with E-state index in [1.165, 1.54) is 18.2 Å². The van der Waals surface area contributed by atoms with Crippen molar-refractivity contribution in [3.63, 3.8) is 0 Å². The highest BCUT2D eigenvalue weighted by atomic mass is 19.3. The van der Waals surface area contributed by atoms with Crippen LogP contribution in [0.2, 0.25) is 0 Å². The lowest BCUT2D eigenvalue weighted by molar-refractivity contribution is 0.188. The average Bonchev–Trinajstić information content (AvgIpc) is 1.93. The summed E-state index contributed by atoms with van der Waals surface area (Å²) in [6, 6.07) is 5.42. The molecule has 0 saturated carbocycles. The fourth-order valence-electron chi connectivity index (χ4n) is 0.746. The van der Waals surface area contributed by atoms with Crippen molar-refractivity contribution in [3.05, 3.63) is 42.1 Å². The van der Waals surface area contributed by atoms with Gasteiger partial charge in [0.15, 0.2) is 0 Å². The van der Waals surface area contributed by atoms with Crippen molar-refractivity contribution in [3.8, 4) is 0 Å². The fraction of sp³-hybridized carbons (Fsp3) is 0.125. The Kier molecular flexibility index (Phi) is 2.52. The van der Waals surface area contributed by atoms with E-state index in [9.17, 15) is 13.2 Å². The molecule has 1 rings (SSSR count). The van der Waals surface area contributed by atoms with E-state index in [0.717, 1.165) is 6.07 Å². The third kappa shape index (κ3) is 2.26. The predicted molar refractivity (Wildman–Crippen MR) is 35.8 cm³/mol. The zero-order valence-corrected chi connectivity index (χ0v) is 5.60. The minimum Gasteiger partial charge on any atom is -0.210 e. The maximum Gasteiger partial charge on any atom is 0.246 e. The van der Waals surface area contributed by atoms with Crippen LogP contribution in [-0.4, -0.2) is 6.43 Å². The van der Waals surface area contributed by atoms with Crippen molar-refractivity contribution in [1.82, 2.24) is 0 Å². The zero-order valence-electron chi connectivity index (χ0n) is 5.60. The zero-order chi connectivity index (χ0) is 8.27. The van der Waals surface area contributed by atoms with E-state index < -0.39 is 12.2 Å². The van der Waals surface area contributed by atoms with Crippen LogP contribution < -0.4 is 0 Å². The van der Waals surface area contributed by atoms with Crippen LogP contribution in [0, 0.1) is 12.2 Å². The van der Waals surface area contributed by atoms with E-state index in [4.69, 9.17) is 0 Å². The molecule has 0 spiro atoms. The Hall–Kier alpha value is -0.990. The molecule has 0 aliphatic rings. The molecule has 0 aromatic heterocycles. The molecule has 3 heteroatoms. The van der Waals surface area contributed by atoms with E-state index in [2.05, 4.69) is 0 Å². The van der Waals surface area contributed by atoms with Gasteiger partial charge in [-0.1, -0.05) is 18.2 Å². The van der Waals surface area contributed by atoms with Crippen LogP contribution in [0.1, 0.15) is 5.56 Å². The second kappa shape index (κ2) is 3.42. The number of hydrogen-bond acceptors (Lipinski definition) is 0. The smallest absolute Gasteiger partial charge is 0.210 e. The summed E-state index contributed by atoms with van der Waals surface area (Å²) in [6.07, 6.45) is -2.03. The lowest BCUT2D eigenvalue weighted by Crippen LogP contribution is -1.95. The molecule has 1 aromatic rings. The predicted octanol–water partition coefficient (Wildman–Crippen LogP) is 2.64. The maximum absolute atomic E-state index is 12.6. The minimum atomic E-state index is -2.60. The summed E-state index contributed by atoms with van der Waals surface area (Å²) in [4.78, 5) is 0. The van der Waals surface area contributed by atoms with Crippen LogP contribution >= 0.6 is 0 Å². The molecule has 1 radical (unpaired) electrons. The summed E-state index contributed by atoms with van der Waals surface area (Å²) in [6.45, 7) is 0. The molecule has 0 heterocycles. The number of alkyl halides is 2. The van der Waals surface area contributed by atoms with Crippen LogP contribution in [0.3, 0.4) is 0 Å². The summed E-state index contributed by atoms with van der Waals surface area (Å²) in [5.41, 5.74) is -0.0532. The van der Waals surface area contributed by atoms with Crippen LogP contribution in [0.25, 0.3) is 0 Å². The monoisotopic (exact) mass is 159 g/mol. The van der Waals surface area contributed by atoms with E-state index in [-0.39, 0.29) is 5.56 Å². The molecule has 0 aliphatic heterocycles. The number of hydrogen-bond donors (Lipinski definition) is 0. The Morgan fingerprint density at radius 2 is 1.82 bits per heavy atom. The lowest BCUT2D eigenvalue weighted by atomic mass is 10.1. The summed E-state index contributed by atoms with van der Waals surface area (Å²) in [5, 5.41) is 0.